The summed E-state index contributed by atoms with van der Waals surface area (Å²) in [5.74, 6) is -0.728. The monoisotopic (exact) mass is 417 g/mol. The van der Waals surface area contributed by atoms with Crippen molar-refractivity contribution in [3.05, 3.63) is 69.2 Å². The Morgan fingerprint density at radius 3 is 2.17 bits per heavy atom. The van der Waals surface area contributed by atoms with Gasteiger partial charge in [0, 0.05) is 54.6 Å². The number of non-ortho nitro benzene ring substituents is 1. The maximum Gasteiger partial charge on any atom is 0.269 e. The highest BCUT2D eigenvalue weighted by Gasteiger charge is 2.20. The summed E-state index contributed by atoms with van der Waals surface area (Å²) < 4.78 is 0. The van der Waals surface area contributed by atoms with Crippen molar-refractivity contribution in [1.29, 1.82) is 0 Å². The first kappa shape index (κ1) is 20.6. The second-order valence-corrected chi connectivity index (χ2v) is 6.98. The molecule has 1 heterocycles. The molecule has 1 aliphatic heterocycles. The molecule has 2 aromatic rings. The molecule has 1 fully saturated rings. The van der Waals surface area contributed by atoms with Gasteiger partial charge in [0.25, 0.3) is 17.5 Å². The zero-order chi connectivity index (χ0) is 20.8. The first-order valence-electron chi connectivity index (χ1n) is 8.99. The van der Waals surface area contributed by atoms with Gasteiger partial charge in [-0.3, -0.25) is 35.5 Å². The molecule has 0 aliphatic carbocycles. The van der Waals surface area contributed by atoms with Crippen LogP contribution in [0.4, 0.5) is 11.4 Å². The predicted molar refractivity (Wildman–Crippen MR) is 109 cm³/mol. The van der Waals surface area contributed by atoms with Gasteiger partial charge in [0.2, 0.25) is 0 Å². The van der Waals surface area contributed by atoms with Crippen LogP contribution in [0, 0.1) is 10.1 Å². The van der Waals surface area contributed by atoms with Gasteiger partial charge in [-0.25, -0.2) is 0 Å². The van der Waals surface area contributed by atoms with Crippen LogP contribution in [0.25, 0.3) is 0 Å². The van der Waals surface area contributed by atoms with Gasteiger partial charge in [0.05, 0.1) is 11.5 Å². The molecule has 3 rings (SSSR count). The van der Waals surface area contributed by atoms with Crippen LogP contribution < -0.4 is 15.8 Å². The van der Waals surface area contributed by atoms with Crippen molar-refractivity contribution in [3.8, 4) is 0 Å². The highest BCUT2D eigenvalue weighted by Crippen LogP contribution is 2.20. The summed E-state index contributed by atoms with van der Waals surface area (Å²) in [5.41, 5.74) is 6.16. The van der Waals surface area contributed by atoms with Crippen molar-refractivity contribution >= 4 is 34.8 Å². The van der Waals surface area contributed by atoms with Crippen LogP contribution in [0.1, 0.15) is 10.4 Å². The van der Waals surface area contributed by atoms with Crippen molar-refractivity contribution in [2.24, 2.45) is 0 Å². The zero-order valence-corrected chi connectivity index (χ0v) is 16.3. The van der Waals surface area contributed by atoms with Crippen molar-refractivity contribution in [1.82, 2.24) is 15.8 Å². The van der Waals surface area contributed by atoms with Crippen molar-refractivity contribution < 1.29 is 14.5 Å². The molecule has 0 radical (unpaired) electrons. The summed E-state index contributed by atoms with van der Waals surface area (Å²) in [6.07, 6.45) is 0. The van der Waals surface area contributed by atoms with E-state index in [0.29, 0.717) is 36.8 Å². The van der Waals surface area contributed by atoms with Gasteiger partial charge < -0.3 is 4.90 Å². The molecule has 9 nitrogen and oxygen atoms in total. The number of benzene rings is 2. The van der Waals surface area contributed by atoms with Gasteiger partial charge >= 0.3 is 0 Å². The minimum absolute atomic E-state index is 0.0599. The number of hydrogen-bond donors (Lipinski definition) is 2. The number of nitrogens with one attached hydrogen (secondary N) is 2. The molecule has 10 heteroatoms. The summed E-state index contributed by atoms with van der Waals surface area (Å²) in [4.78, 5) is 38.5. The van der Waals surface area contributed by atoms with E-state index in [1.54, 1.807) is 36.4 Å². The lowest BCUT2D eigenvalue weighted by molar-refractivity contribution is -0.384. The molecular weight excluding hydrogens is 398 g/mol. The quantitative estimate of drug-likeness (QED) is 0.567. The number of carbonyl (C=O) groups is 2. The second-order valence-electron chi connectivity index (χ2n) is 6.55. The molecule has 2 amide bonds. The fourth-order valence-corrected chi connectivity index (χ4v) is 3.12. The van der Waals surface area contributed by atoms with Gasteiger partial charge in [-0.1, -0.05) is 11.6 Å². The lowest BCUT2D eigenvalue weighted by Gasteiger charge is -2.35. The van der Waals surface area contributed by atoms with E-state index >= 15 is 0 Å². The Balaban J connectivity index is 1.41. The molecule has 152 valence electrons. The Labute approximate surface area is 172 Å². The smallest absolute Gasteiger partial charge is 0.269 e. The van der Waals surface area contributed by atoms with Crippen LogP contribution in [0.2, 0.25) is 5.02 Å². The van der Waals surface area contributed by atoms with E-state index < -0.39 is 10.8 Å². The van der Waals surface area contributed by atoms with Gasteiger partial charge in [0.1, 0.15) is 0 Å². The van der Waals surface area contributed by atoms with E-state index in [2.05, 4.69) is 15.8 Å². The van der Waals surface area contributed by atoms with E-state index in [1.165, 1.54) is 12.1 Å². The van der Waals surface area contributed by atoms with Crippen LogP contribution in [-0.2, 0) is 4.79 Å². The Kier molecular flexibility index (Phi) is 6.63. The predicted octanol–water partition coefficient (Wildman–Crippen LogP) is 1.83. The van der Waals surface area contributed by atoms with Crippen LogP contribution in [0.3, 0.4) is 0 Å². The van der Waals surface area contributed by atoms with E-state index in [1.807, 2.05) is 4.90 Å². The van der Waals surface area contributed by atoms with Gasteiger partial charge in [0.15, 0.2) is 0 Å². The number of rotatable bonds is 5. The topological polar surface area (TPSA) is 108 Å². The molecule has 0 bridgehead atoms. The summed E-state index contributed by atoms with van der Waals surface area (Å²) in [5, 5.41) is 11.3. The first-order chi connectivity index (χ1) is 13.9. The molecule has 29 heavy (non-hydrogen) atoms. The van der Waals surface area contributed by atoms with Crippen LogP contribution in [0.15, 0.2) is 48.5 Å². The third kappa shape index (κ3) is 5.66. The number of nitro groups is 1. The lowest BCUT2D eigenvalue weighted by atomic mass is 10.2. The number of nitro benzene ring substituents is 1. The standard InChI is InChI=1S/C19H20ClN5O4/c20-15-3-1-14(2-4-15)19(27)22-21-18(26)13-23-9-11-24(12-10-23)16-5-7-17(8-6-16)25(28)29/h1-8H,9-13H2,(H,21,26)(H,22,27). The minimum atomic E-state index is -0.425. The zero-order valence-electron chi connectivity index (χ0n) is 15.5. The lowest BCUT2D eigenvalue weighted by Crippen LogP contribution is -2.52. The number of piperazine rings is 1. The molecule has 0 atom stereocenters. The highest BCUT2D eigenvalue weighted by molar-refractivity contribution is 6.30. The average molecular weight is 418 g/mol. The van der Waals surface area contributed by atoms with E-state index in [9.17, 15) is 19.7 Å². The van der Waals surface area contributed by atoms with Crippen molar-refractivity contribution in [2.45, 2.75) is 0 Å². The fourth-order valence-electron chi connectivity index (χ4n) is 2.99. The largest absolute Gasteiger partial charge is 0.369 e. The van der Waals surface area contributed by atoms with E-state index in [4.69, 9.17) is 11.6 Å². The number of halogens is 1. The SMILES string of the molecule is O=C(CN1CCN(c2ccc([N+](=O)[O-])cc2)CC1)NNC(=O)c1ccc(Cl)cc1. The molecule has 0 unspecified atom stereocenters. The van der Waals surface area contributed by atoms with Gasteiger partial charge in [-0.15, -0.1) is 0 Å². The molecule has 2 N–H and O–H groups in total. The van der Waals surface area contributed by atoms with Crippen LogP contribution in [-0.4, -0.2) is 54.4 Å². The number of hydrazine groups is 1. The molecule has 1 saturated heterocycles. The van der Waals surface area contributed by atoms with Crippen molar-refractivity contribution in [3.63, 3.8) is 0 Å². The maximum atomic E-state index is 12.1. The van der Waals surface area contributed by atoms with Gasteiger partial charge in [-0.05, 0) is 36.4 Å². The Bertz CT molecular complexity index is 880. The number of amides is 2. The molecule has 1 aliphatic rings. The second kappa shape index (κ2) is 9.35. The summed E-state index contributed by atoms with van der Waals surface area (Å²) in [6, 6.07) is 12.8. The molecule has 0 saturated carbocycles. The summed E-state index contributed by atoms with van der Waals surface area (Å²) >= 11 is 5.78. The molecule has 0 aromatic heterocycles. The molecular formula is C19H20ClN5O4. The van der Waals surface area contributed by atoms with E-state index in [0.717, 1.165) is 5.69 Å². The Morgan fingerprint density at radius 2 is 1.59 bits per heavy atom. The normalized spacial score (nSPS) is 14.3. The third-order valence-electron chi connectivity index (χ3n) is 4.59. The van der Waals surface area contributed by atoms with Crippen molar-refractivity contribution in [2.75, 3.05) is 37.6 Å². The number of hydrogen-bond acceptors (Lipinski definition) is 6. The van der Waals surface area contributed by atoms with Crippen LogP contribution >= 0.6 is 11.6 Å². The maximum absolute atomic E-state index is 12.1. The molecule has 0 spiro atoms. The van der Waals surface area contributed by atoms with Gasteiger partial charge in [-0.2, -0.15) is 0 Å². The number of nitrogens with zero attached hydrogens (tertiary/aromatic N) is 3. The third-order valence-corrected chi connectivity index (χ3v) is 4.84. The van der Waals surface area contributed by atoms with E-state index in [-0.39, 0.29) is 18.1 Å². The highest BCUT2D eigenvalue weighted by atomic mass is 35.5. The Morgan fingerprint density at radius 1 is 0.966 bits per heavy atom. The first-order valence-corrected chi connectivity index (χ1v) is 9.36. The number of carbonyl (C=O) groups excluding carboxylic acids is 2. The van der Waals surface area contributed by atoms with Crippen LogP contribution in [0.5, 0.6) is 0 Å². The average Bonchev–Trinajstić information content (AvgIpc) is 2.73. The number of anilines is 1. The summed E-state index contributed by atoms with van der Waals surface area (Å²) in [6.45, 7) is 2.88. The minimum Gasteiger partial charge on any atom is -0.369 e. The Hall–Kier alpha value is -3.17. The fraction of sp³-hybridized carbons (Fsp3) is 0.263. The molecule has 2 aromatic carbocycles. The summed E-state index contributed by atoms with van der Waals surface area (Å²) in [7, 11) is 0.